The Morgan fingerprint density at radius 3 is 2.55 bits per heavy atom. The van der Waals surface area contributed by atoms with E-state index < -0.39 is 5.92 Å². The van der Waals surface area contributed by atoms with Gasteiger partial charge in [-0.3, -0.25) is 9.59 Å². The fourth-order valence-electron chi connectivity index (χ4n) is 4.48. The number of thiazole rings is 1. The van der Waals surface area contributed by atoms with Crippen LogP contribution in [0.1, 0.15) is 23.2 Å². The number of nitrogens with zero attached hydrogens (tertiary/aromatic N) is 4. The summed E-state index contributed by atoms with van der Waals surface area (Å²) in [5.41, 5.74) is 5.45. The molecule has 1 saturated heterocycles. The quantitative estimate of drug-likeness (QED) is 0.363. The molecular weight excluding hydrogens is 502 g/mol. The van der Waals surface area contributed by atoms with Crippen LogP contribution in [0.4, 0.5) is 11.5 Å². The molecule has 0 bridgehead atoms. The second-order valence-electron chi connectivity index (χ2n) is 9.33. The summed E-state index contributed by atoms with van der Waals surface area (Å²) < 4.78 is 12.4. The highest BCUT2D eigenvalue weighted by Crippen LogP contribution is 2.34. The number of ether oxygens (including phenoxy) is 2. The van der Waals surface area contributed by atoms with E-state index in [0.29, 0.717) is 29.0 Å². The van der Waals surface area contributed by atoms with Crippen molar-refractivity contribution in [3.05, 3.63) is 64.7 Å². The summed E-state index contributed by atoms with van der Waals surface area (Å²) in [7, 11) is 3.19. The van der Waals surface area contributed by atoms with Crippen molar-refractivity contribution in [1.29, 1.82) is 0 Å². The first-order chi connectivity index (χ1) is 18.3. The highest BCUT2D eigenvalue weighted by Gasteiger charge is 2.35. The third kappa shape index (κ3) is 4.87. The number of rotatable bonds is 7. The molecule has 9 nitrogen and oxygen atoms in total. The molecule has 2 amide bonds. The van der Waals surface area contributed by atoms with Gasteiger partial charge in [-0.05, 0) is 62.2 Å². The lowest BCUT2D eigenvalue weighted by Crippen LogP contribution is -2.28. The van der Waals surface area contributed by atoms with E-state index in [1.165, 1.54) is 11.3 Å². The third-order valence-electron chi connectivity index (χ3n) is 6.73. The monoisotopic (exact) mass is 531 g/mol. The van der Waals surface area contributed by atoms with E-state index in [0.717, 1.165) is 33.8 Å². The topological polar surface area (TPSA) is 98.6 Å². The van der Waals surface area contributed by atoms with Crippen molar-refractivity contribution in [2.45, 2.75) is 27.2 Å². The van der Waals surface area contributed by atoms with Gasteiger partial charge in [-0.1, -0.05) is 6.07 Å². The van der Waals surface area contributed by atoms with Gasteiger partial charge in [0, 0.05) is 35.7 Å². The predicted molar refractivity (Wildman–Crippen MR) is 148 cm³/mol. The summed E-state index contributed by atoms with van der Waals surface area (Å²) in [6, 6.07) is 13.3. The normalized spacial score (nSPS) is 15.1. The Hall–Kier alpha value is -4.18. The highest BCUT2D eigenvalue weighted by atomic mass is 32.1. The number of anilines is 2. The first kappa shape index (κ1) is 25.5. The van der Waals surface area contributed by atoms with Crippen molar-refractivity contribution in [3.63, 3.8) is 0 Å². The SMILES string of the molecule is COc1ccc(-c2csc(-n3nc(C)cc3NC(=O)C3CC(=O)N(c4ccc(C)c(C)c4)C3)n2)cc1OC. The third-order valence-corrected chi connectivity index (χ3v) is 7.55. The molecule has 10 heteroatoms. The minimum atomic E-state index is -0.466. The molecule has 2 aromatic heterocycles. The van der Waals surface area contributed by atoms with Gasteiger partial charge in [-0.2, -0.15) is 9.78 Å². The average molecular weight is 532 g/mol. The van der Waals surface area contributed by atoms with Gasteiger partial charge in [0.05, 0.1) is 31.5 Å². The molecule has 1 aliphatic heterocycles. The van der Waals surface area contributed by atoms with Crippen LogP contribution in [0.5, 0.6) is 11.5 Å². The van der Waals surface area contributed by atoms with Crippen LogP contribution in [0.25, 0.3) is 16.4 Å². The van der Waals surface area contributed by atoms with E-state index in [9.17, 15) is 9.59 Å². The maximum atomic E-state index is 13.2. The zero-order chi connectivity index (χ0) is 27.0. The molecule has 1 N–H and O–H groups in total. The van der Waals surface area contributed by atoms with Crippen LogP contribution in [0, 0.1) is 26.7 Å². The fraction of sp³-hybridized carbons (Fsp3) is 0.286. The molecular formula is C28H29N5O4S. The van der Waals surface area contributed by atoms with Crippen LogP contribution in [-0.2, 0) is 9.59 Å². The maximum absolute atomic E-state index is 13.2. The molecule has 3 heterocycles. The van der Waals surface area contributed by atoms with Crippen LogP contribution >= 0.6 is 11.3 Å². The van der Waals surface area contributed by atoms with E-state index >= 15 is 0 Å². The van der Waals surface area contributed by atoms with E-state index in [-0.39, 0.29) is 18.2 Å². The van der Waals surface area contributed by atoms with Crippen molar-refractivity contribution in [3.8, 4) is 27.9 Å². The first-order valence-electron chi connectivity index (χ1n) is 12.2. The van der Waals surface area contributed by atoms with Crippen LogP contribution in [0.3, 0.4) is 0 Å². The largest absolute Gasteiger partial charge is 0.493 e. The zero-order valence-corrected chi connectivity index (χ0v) is 22.8. The summed E-state index contributed by atoms with van der Waals surface area (Å²) in [6.07, 6.45) is 0.159. The molecule has 0 aliphatic carbocycles. The van der Waals surface area contributed by atoms with Gasteiger partial charge in [0.25, 0.3) is 0 Å². The van der Waals surface area contributed by atoms with Gasteiger partial charge >= 0.3 is 0 Å². The Bertz CT molecular complexity index is 1530. The molecule has 38 heavy (non-hydrogen) atoms. The summed E-state index contributed by atoms with van der Waals surface area (Å²) >= 11 is 1.41. The number of methoxy groups -OCH3 is 2. The number of hydrogen-bond donors (Lipinski definition) is 1. The van der Waals surface area contributed by atoms with E-state index in [2.05, 4.69) is 10.4 Å². The summed E-state index contributed by atoms with van der Waals surface area (Å²) in [5.74, 6) is 1.02. The number of hydrogen-bond acceptors (Lipinski definition) is 7. The Kier molecular flexibility index (Phi) is 6.90. The van der Waals surface area contributed by atoms with Crippen LogP contribution in [-0.4, -0.2) is 47.3 Å². The molecule has 0 saturated carbocycles. The van der Waals surface area contributed by atoms with Crippen molar-refractivity contribution < 1.29 is 19.1 Å². The Morgan fingerprint density at radius 1 is 1.03 bits per heavy atom. The molecule has 0 radical (unpaired) electrons. The number of carbonyl (C=O) groups is 2. The van der Waals surface area contributed by atoms with Gasteiger partial charge in [0.15, 0.2) is 11.5 Å². The van der Waals surface area contributed by atoms with Crippen molar-refractivity contribution in [2.75, 3.05) is 31.0 Å². The minimum Gasteiger partial charge on any atom is -0.493 e. The zero-order valence-electron chi connectivity index (χ0n) is 21.9. The summed E-state index contributed by atoms with van der Waals surface area (Å²) in [4.78, 5) is 32.4. The molecule has 1 atom stereocenters. The Labute approximate surface area is 225 Å². The van der Waals surface area contributed by atoms with E-state index in [1.54, 1.807) is 29.9 Å². The number of benzene rings is 2. The molecule has 2 aromatic carbocycles. The molecule has 5 rings (SSSR count). The number of aryl methyl sites for hydroxylation is 3. The number of carbonyl (C=O) groups excluding carboxylic acids is 2. The standard InChI is InChI=1S/C28H29N5O4S/c1-16-6-8-21(10-17(16)2)32-14-20(13-26(32)34)27(35)30-25-11-18(3)31-33(25)28-29-22(15-38-28)19-7-9-23(36-4)24(12-19)37-5/h6-12,15,20H,13-14H2,1-5H3,(H,30,35). The first-order valence-corrected chi connectivity index (χ1v) is 13.1. The predicted octanol–water partition coefficient (Wildman–Crippen LogP) is 4.93. The van der Waals surface area contributed by atoms with Gasteiger partial charge < -0.3 is 19.7 Å². The molecule has 1 fully saturated rings. The average Bonchev–Trinajstić information content (AvgIpc) is 3.63. The van der Waals surface area contributed by atoms with Crippen LogP contribution < -0.4 is 19.7 Å². The van der Waals surface area contributed by atoms with Crippen molar-refractivity contribution >= 4 is 34.7 Å². The van der Waals surface area contributed by atoms with Gasteiger partial charge in [-0.15, -0.1) is 11.3 Å². The summed E-state index contributed by atoms with van der Waals surface area (Å²) in [6.45, 7) is 6.24. The molecule has 1 unspecified atom stereocenters. The Balaban J connectivity index is 1.34. The fourth-order valence-corrected chi connectivity index (χ4v) is 5.27. The Morgan fingerprint density at radius 2 is 1.82 bits per heavy atom. The summed E-state index contributed by atoms with van der Waals surface area (Å²) in [5, 5.41) is 10.1. The minimum absolute atomic E-state index is 0.0578. The maximum Gasteiger partial charge on any atom is 0.230 e. The van der Waals surface area contributed by atoms with Crippen molar-refractivity contribution in [2.24, 2.45) is 5.92 Å². The van der Waals surface area contributed by atoms with E-state index in [4.69, 9.17) is 14.5 Å². The lowest BCUT2D eigenvalue weighted by Gasteiger charge is -2.18. The molecule has 196 valence electrons. The molecule has 1 aliphatic rings. The molecule has 4 aromatic rings. The smallest absolute Gasteiger partial charge is 0.230 e. The highest BCUT2D eigenvalue weighted by molar-refractivity contribution is 7.12. The van der Waals surface area contributed by atoms with E-state index in [1.807, 2.05) is 62.5 Å². The second kappa shape index (κ2) is 10.3. The van der Waals surface area contributed by atoms with Crippen LogP contribution in [0.15, 0.2) is 47.8 Å². The van der Waals surface area contributed by atoms with Gasteiger partial charge in [0.2, 0.25) is 16.9 Å². The molecule has 0 spiro atoms. The number of aromatic nitrogens is 3. The van der Waals surface area contributed by atoms with Gasteiger partial charge in [0.1, 0.15) is 5.82 Å². The van der Waals surface area contributed by atoms with Gasteiger partial charge in [-0.25, -0.2) is 4.98 Å². The van der Waals surface area contributed by atoms with Crippen LogP contribution in [0.2, 0.25) is 0 Å². The number of nitrogens with one attached hydrogen (secondary N) is 1. The lowest BCUT2D eigenvalue weighted by molar-refractivity contribution is -0.122. The van der Waals surface area contributed by atoms with Crippen molar-refractivity contribution in [1.82, 2.24) is 14.8 Å². The lowest BCUT2D eigenvalue weighted by atomic mass is 10.1. The second-order valence-corrected chi connectivity index (χ2v) is 10.2. The number of amides is 2.